The van der Waals surface area contributed by atoms with E-state index in [9.17, 15) is 9.59 Å². The van der Waals surface area contributed by atoms with E-state index in [1.165, 1.54) is 0 Å². The lowest BCUT2D eigenvalue weighted by atomic mass is 10.0. The molecule has 0 aliphatic rings. The summed E-state index contributed by atoms with van der Waals surface area (Å²) in [4.78, 5) is 35.0. The molecule has 1 heterocycles. The summed E-state index contributed by atoms with van der Waals surface area (Å²) >= 11 is 0. The maximum absolute atomic E-state index is 12.8. The fraction of sp³-hybridized carbons (Fsp3) is 0.152. The fourth-order valence-electron chi connectivity index (χ4n) is 4.29. The predicted molar refractivity (Wildman–Crippen MR) is 160 cm³/mol. The summed E-state index contributed by atoms with van der Waals surface area (Å²) < 4.78 is 21.3. The number of nitrogens with zero attached hydrogens (tertiary/aromatic N) is 2. The maximum Gasteiger partial charge on any atom is 0.338 e. The summed E-state index contributed by atoms with van der Waals surface area (Å²) in [7, 11) is 3.22. The molecule has 0 aliphatic carbocycles. The molecule has 0 unspecified atom stereocenters. The minimum atomic E-state index is -0.647. The van der Waals surface area contributed by atoms with Gasteiger partial charge in [0.2, 0.25) is 0 Å². The maximum atomic E-state index is 12.8. The lowest BCUT2D eigenvalue weighted by molar-refractivity contribution is -0.119. The van der Waals surface area contributed by atoms with Gasteiger partial charge in [0.1, 0.15) is 17.2 Å². The molecule has 0 atom stereocenters. The molecule has 9 heteroatoms. The molecule has 1 aromatic heterocycles. The van der Waals surface area contributed by atoms with Crippen LogP contribution in [0.2, 0.25) is 0 Å². The van der Waals surface area contributed by atoms with Crippen LogP contribution < -0.4 is 19.5 Å². The average Bonchev–Trinajstić information content (AvgIpc) is 3.04. The Kier molecular flexibility index (Phi) is 8.58. The van der Waals surface area contributed by atoms with E-state index in [0.717, 1.165) is 22.6 Å². The monoisotopic (exact) mass is 563 g/mol. The number of hydrogen-bond acceptors (Lipinski definition) is 8. The number of anilines is 1. The van der Waals surface area contributed by atoms with Crippen LogP contribution in [0.3, 0.4) is 0 Å². The van der Waals surface area contributed by atoms with Gasteiger partial charge in [-0.1, -0.05) is 0 Å². The second kappa shape index (κ2) is 12.8. The molecular formula is C33H29N3O6. The number of fused-ring (bicyclic) bond motifs is 1. The molecule has 0 saturated carbocycles. The van der Waals surface area contributed by atoms with E-state index < -0.39 is 18.5 Å². The van der Waals surface area contributed by atoms with Crippen molar-refractivity contribution in [2.45, 2.75) is 6.92 Å². The minimum Gasteiger partial charge on any atom is -0.497 e. The van der Waals surface area contributed by atoms with E-state index in [1.54, 1.807) is 56.7 Å². The summed E-state index contributed by atoms with van der Waals surface area (Å²) in [5, 5.41) is 2.70. The number of rotatable bonds is 10. The van der Waals surface area contributed by atoms with Crippen LogP contribution in [0.4, 0.5) is 5.69 Å². The van der Waals surface area contributed by atoms with Crippen molar-refractivity contribution in [2.24, 2.45) is 0 Å². The van der Waals surface area contributed by atoms with Gasteiger partial charge >= 0.3 is 5.97 Å². The first kappa shape index (κ1) is 28.1. The molecule has 212 valence electrons. The number of amides is 1. The molecule has 9 nitrogen and oxygen atoms in total. The summed E-state index contributed by atoms with van der Waals surface area (Å²) in [6.07, 6.45) is 0. The van der Waals surface area contributed by atoms with E-state index >= 15 is 0 Å². The third-order valence-electron chi connectivity index (χ3n) is 6.41. The lowest BCUT2D eigenvalue weighted by Gasteiger charge is -2.12. The molecule has 1 N–H and O–H groups in total. The largest absolute Gasteiger partial charge is 0.497 e. The molecule has 0 aliphatic heterocycles. The van der Waals surface area contributed by atoms with Crippen LogP contribution in [0, 0.1) is 0 Å². The molecule has 0 spiro atoms. The van der Waals surface area contributed by atoms with Crippen molar-refractivity contribution < 1.29 is 28.5 Å². The van der Waals surface area contributed by atoms with Crippen LogP contribution in [-0.4, -0.2) is 49.3 Å². The van der Waals surface area contributed by atoms with Crippen LogP contribution in [0.15, 0.2) is 91.0 Å². The first-order valence-corrected chi connectivity index (χ1v) is 13.3. The lowest BCUT2D eigenvalue weighted by Crippen LogP contribution is -2.20. The summed E-state index contributed by atoms with van der Waals surface area (Å²) in [5.74, 6) is 1.04. The zero-order chi connectivity index (χ0) is 29.5. The summed E-state index contributed by atoms with van der Waals surface area (Å²) in [6.45, 7) is 2.00. The van der Waals surface area contributed by atoms with Crippen LogP contribution in [0.25, 0.3) is 33.5 Å². The number of benzene rings is 4. The number of carbonyl (C=O) groups is 2. The van der Waals surface area contributed by atoms with Crippen LogP contribution in [0.1, 0.15) is 17.3 Å². The quantitative estimate of drug-likeness (QED) is 0.201. The number of hydrogen-bond donors (Lipinski definition) is 1. The topological polar surface area (TPSA) is 109 Å². The molecule has 0 radical (unpaired) electrons. The molecule has 0 bridgehead atoms. The first-order chi connectivity index (χ1) is 20.5. The predicted octanol–water partition coefficient (Wildman–Crippen LogP) is 6.18. The van der Waals surface area contributed by atoms with Gasteiger partial charge in [0.15, 0.2) is 6.61 Å². The molecular weight excluding hydrogens is 534 g/mol. The first-order valence-electron chi connectivity index (χ1n) is 13.3. The Bertz CT molecular complexity index is 1700. The molecule has 1 amide bonds. The number of aromatic nitrogens is 2. The van der Waals surface area contributed by atoms with Gasteiger partial charge in [0.25, 0.3) is 5.91 Å². The van der Waals surface area contributed by atoms with Crippen molar-refractivity contribution in [1.29, 1.82) is 0 Å². The van der Waals surface area contributed by atoms with Gasteiger partial charge in [-0.3, -0.25) is 4.79 Å². The molecule has 4 aromatic carbocycles. The SMILES string of the molecule is CCOc1ccc(NC(=O)COC(=O)c2ccc3nc(-c4ccc(OC)cc4)c(-c4ccc(OC)cc4)nc3c2)cc1. The molecule has 5 aromatic rings. The van der Waals surface area contributed by atoms with Gasteiger partial charge < -0.3 is 24.3 Å². The number of methoxy groups -OCH3 is 2. The van der Waals surface area contributed by atoms with Crippen molar-refractivity contribution in [3.8, 4) is 39.8 Å². The highest BCUT2D eigenvalue weighted by atomic mass is 16.5. The van der Waals surface area contributed by atoms with E-state index in [0.29, 0.717) is 40.5 Å². The Balaban J connectivity index is 1.38. The van der Waals surface area contributed by atoms with Gasteiger partial charge in [0.05, 0.1) is 48.8 Å². The second-order valence-corrected chi connectivity index (χ2v) is 9.16. The highest BCUT2D eigenvalue weighted by Crippen LogP contribution is 2.33. The number of esters is 1. The van der Waals surface area contributed by atoms with Crippen molar-refractivity contribution >= 4 is 28.6 Å². The van der Waals surface area contributed by atoms with Crippen molar-refractivity contribution in [1.82, 2.24) is 9.97 Å². The Labute approximate surface area is 243 Å². The zero-order valence-corrected chi connectivity index (χ0v) is 23.4. The van der Waals surface area contributed by atoms with Crippen molar-refractivity contribution in [3.63, 3.8) is 0 Å². The van der Waals surface area contributed by atoms with E-state index in [1.807, 2.05) is 55.5 Å². The number of carbonyl (C=O) groups excluding carboxylic acids is 2. The minimum absolute atomic E-state index is 0.253. The average molecular weight is 564 g/mol. The van der Waals surface area contributed by atoms with Crippen LogP contribution >= 0.6 is 0 Å². The molecule has 42 heavy (non-hydrogen) atoms. The van der Waals surface area contributed by atoms with E-state index in [2.05, 4.69) is 5.32 Å². The van der Waals surface area contributed by atoms with Crippen LogP contribution in [0.5, 0.6) is 17.2 Å². The Morgan fingerprint density at radius 1 is 0.690 bits per heavy atom. The third kappa shape index (κ3) is 6.47. The van der Waals surface area contributed by atoms with Crippen LogP contribution in [-0.2, 0) is 9.53 Å². The zero-order valence-electron chi connectivity index (χ0n) is 23.4. The highest BCUT2D eigenvalue weighted by molar-refractivity contribution is 5.97. The Morgan fingerprint density at radius 3 is 1.79 bits per heavy atom. The van der Waals surface area contributed by atoms with Gasteiger partial charge in [-0.05, 0) is 97.9 Å². The van der Waals surface area contributed by atoms with E-state index in [-0.39, 0.29) is 5.56 Å². The standard InChI is InChI=1S/C33H29N3O6/c1-4-41-27-16-10-24(11-17-27)34-30(37)20-42-33(38)23-9-18-28-29(19-23)36-32(22-7-14-26(40-3)15-8-22)31(35-28)21-5-12-25(39-2)13-6-21/h5-19H,4,20H2,1-3H3,(H,34,37). The van der Waals surface area contributed by atoms with Crippen molar-refractivity contribution in [2.75, 3.05) is 32.8 Å². The normalized spacial score (nSPS) is 10.6. The van der Waals surface area contributed by atoms with E-state index in [4.69, 9.17) is 28.9 Å². The third-order valence-corrected chi connectivity index (χ3v) is 6.41. The fourth-order valence-corrected chi connectivity index (χ4v) is 4.29. The van der Waals surface area contributed by atoms with Gasteiger partial charge in [-0.2, -0.15) is 0 Å². The Hall–Kier alpha value is -5.44. The number of ether oxygens (including phenoxy) is 4. The molecule has 5 rings (SSSR count). The highest BCUT2D eigenvalue weighted by Gasteiger charge is 2.17. The smallest absolute Gasteiger partial charge is 0.338 e. The van der Waals surface area contributed by atoms with Gasteiger partial charge in [0, 0.05) is 16.8 Å². The van der Waals surface area contributed by atoms with Gasteiger partial charge in [-0.25, -0.2) is 14.8 Å². The summed E-state index contributed by atoms with van der Waals surface area (Å²) in [6, 6.07) is 27.0. The molecule has 0 fully saturated rings. The second-order valence-electron chi connectivity index (χ2n) is 9.16. The van der Waals surface area contributed by atoms with Crippen molar-refractivity contribution in [3.05, 3.63) is 96.6 Å². The number of nitrogens with one attached hydrogen (secondary N) is 1. The molecule has 0 saturated heterocycles. The van der Waals surface area contributed by atoms with Gasteiger partial charge in [-0.15, -0.1) is 0 Å². The summed E-state index contributed by atoms with van der Waals surface area (Å²) in [5.41, 5.74) is 4.93. The Morgan fingerprint density at radius 2 is 1.24 bits per heavy atom.